The number of benzene rings is 2. The van der Waals surface area contributed by atoms with Crippen LogP contribution >= 0.6 is 34.8 Å². The molecule has 1 aliphatic rings. The van der Waals surface area contributed by atoms with Gasteiger partial charge in [-0.3, -0.25) is 25.2 Å². The predicted octanol–water partition coefficient (Wildman–Crippen LogP) is 5.09. The van der Waals surface area contributed by atoms with E-state index in [4.69, 9.17) is 39.2 Å². The summed E-state index contributed by atoms with van der Waals surface area (Å²) in [7, 11) is 0. The number of fused-ring (bicyclic) bond motifs is 1. The third kappa shape index (κ3) is 5.51. The van der Waals surface area contributed by atoms with Crippen LogP contribution < -0.4 is 16.3 Å². The Hall–Kier alpha value is -3.33. The van der Waals surface area contributed by atoms with Crippen molar-refractivity contribution in [3.63, 3.8) is 0 Å². The van der Waals surface area contributed by atoms with Crippen molar-refractivity contribution in [3.05, 3.63) is 91.3 Å². The fourth-order valence-corrected chi connectivity index (χ4v) is 4.41. The minimum absolute atomic E-state index is 0.0354. The van der Waals surface area contributed by atoms with Gasteiger partial charge in [0, 0.05) is 33.2 Å². The van der Waals surface area contributed by atoms with Crippen molar-refractivity contribution in [2.24, 2.45) is 5.10 Å². The molecule has 35 heavy (non-hydrogen) atoms. The van der Waals surface area contributed by atoms with Crippen LogP contribution in [-0.2, 0) is 6.42 Å². The Balaban J connectivity index is 1.48. The van der Waals surface area contributed by atoms with Gasteiger partial charge in [0.25, 0.3) is 11.8 Å². The number of halogens is 3. The van der Waals surface area contributed by atoms with Crippen molar-refractivity contribution in [3.8, 4) is 0 Å². The SMILES string of the molecule is Cc1c(C(=O)NNC(=O)c2ccc(Cl)cc2Cl)oc2c1/C(=N/NC(=O)c1cccc(Cl)c1)CCC2. The van der Waals surface area contributed by atoms with Gasteiger partial charge in [0.2, 0.25) is 0 Å². The fourth-order valence-electron chi connectivity index (χ4n) is 3.72. The van der Waals surface area contributed by atoms with Crippen LogP contribution in [0.2, 0.25) is 15.1 Å². The predicted molar refractivity (Wildman–Crippen MR) is 133 cm³/mol. The van der Waals surface area contributed by atoms with E-state index in [-0.39, 0.29) is 16.3 Å². The molecule has 0 atom stereocenters. The van der Waals surface area contributed by atoms with Gasteiger partial charge in [-0.2, -0.15) is 5.10 Å². The molecule has 0 spiro atoms. The maximum absolute atomic E-state index is 12.8. The van der Waals surface area contributed by atoms with Gasteiger partial charge >= 0.3 is 5.91 Å². The van der Waals surface area contributed by atoms with Gasteiger partial charge in [-0.15, -0.1) is 0 Å². The highest BCUT2D eigenvalue weighted by Gasteiger charge is 2.28. The first kappa shape index (κ1) is 24.8. The zero-order valence-corrected chi connectivity index (χ0v) is 20.6. The van der Waals surface area contributed by atoms with E-state index >= 15 is 0 Å². The molecule has 8 nitrogen and oxygen atoms in total. The molecule has 1 heterocycles. The smallest absolute Gasteiger partial charge is 0.305 e. The van der Waals surface area contributed by atoms with Crippen LogP contribution in [0.3, 0.4) is 0 Å². The number of carbonyl (C=O) groups is 3. The number of furan rings is 1. The molecule has 0 aliphatic heterocycles. The average Bonchev–Trinajstić information content (AvgIpc) is 3.18. The molecule has 11 heteroatoms. The number of aryl methyl sites for hydroxylation is 1. The van der Waals surface area contributed by atoms with Crippen LogP contribution in [0, 0.1) is 6.92 Å². The molecule has 4 rings (SSSR count). The lowest BCUT2D eigenvalue weighted by molar-refractivity contribution is 0.0829. The Morgan fingerprint density at radius 2 is 1.66 bits per heavy atom. The minimum atomic E-state index is -0.641. The van der Waals surface area contributed by atoms with Crippen LogP contribution in [0.5, 0.6) is 0 Å². The van der Waals surface area contributed by atoms with Gasteiger partial charge in [0.1, 0.15) is 5.76 Å². The number of nitrogens with zero attached hydrogens (tertiary/aromatic N) is 1. The van der Waals surface area contributed by atoms with Crippen LogP contribution in [0.25, 0.3) is 0 Å². The van der Waals surface area contributed by atoms with Crippen molar-refractivity contribution in [1.82, 2.24) is 16.3 Å². The zero-order chi connectivity index (χ0) is 25.1. The van der Waals surface area contributed by atoms with E-state index in [1.807, 2.05) is 0 Å². The summed E-state index contributed by atoms with van der Waals surface area (Å²) >= 11 is 17.8. The number of hydrazone groups is 1. The monoisotopic (exact) mass is 532 g/mol. The highest BCUT2D eigenvalue weighted by molar-refractivity contribution is 6.36. The Morgan fingerprint density at radius 3 is 2.40 bits per heavy atom. The fraction of sp³-hybridized carbons (Fsp3) is 0.167. The van der Waals surface area contributed by atoms with E-state index in [1.165, 1.54) is 18.2 Å². The number of rotatable bonds is 4. The summed E-state index contributed by atoms with van der Waals surface area (Å²) in [5.41, 5.74) is 9.52. The second-order valence-corrected chi connectivity index (χ2v) is 9.03. The Labute approximate surface area is 215 Å². The summed E-state index contributed by atoms with van der Waals surface area (Å²) in [5.74, 6) is -1.04. The van der Waals surface area contributed by atoms with E-state index < -0.39 is 17.7 Å². The Bertz CT molecular complexity index is 1370. The summed E-state index contributed by atoms with van der Waals surface area (Å²) in [6.07, 6.45) is 1.94. The lowest BCUT2D eigenvalue weighted by atomic mass is 9.93. The van der Waals surface area contributed by atoms with Gasteiger partial charge < -0.3 is 4.42 Å². The Kier molecular flexibility index (Phi) is 7.45. The number of hydrogen-bond acceptors (Lipinski definition) is 5. The highest BCUT2D eigenvalue weighted by atomic mass is 35.5. The summed E-state index contributed by atoms with van der Waals surface area (Å²) in [4.78, 5) is 37.6. The number of hydrogen-bond donors (Lipinski definition) is 3. The van der Waals surface area contributed by atoms with E-state index in [0.29, 0.717) is 51.0 Å². The molecule has 3 N–H and O–H groups in total. The third-order valence-corrected chi connectivity index (χ3v) is 6.16. The largest absolute Gasteiger partial charge is 0.455 e. The third-order valence-electron chi connectivity index (χ3n) is 5.38. The second kappa shape index (κ2) is 10.5. The van der Waals surface area contributed by atoms with Crippen molar-refractivity contribution in [2.45, 2.75) is 26.2 Å². The van der Waals surface area contributed by atoms with Gasteiger partial charge in [0.05, 0.1) is 16.3 Å². The topological polar surface area (TPSA) is 113 Å². The molecule has 1 aliphatic carbocycles. The van der Waals surface area contributed by atoms with Crippen LogP contribution in [0.4, 0.5) is 0 Å². The first-order valence-electron chi connectivity index (χ1n) is 10.6. The number of carbonyl (C=O) groups excluding carboxylic acids is 3. The molecule has 180 valence electrons. The van der Waals surface area contributed by atoms with E-state index in [2.05, 4.69) is 21.4 Å². The van der Waals surface area contributed by atoms with Crippen LogP contribution in [-0.4, -0.2) is 23.4 Å². The standard InChI is InChI=1S/C24H19Cl3N4O4/c1-12-20-18(28-29-22(32)13-4-2-5-14(25)10-13)6-3-7-19(20)35-21(12)24(34)31-30-23(33)16-9-8-15(26)11-17(16)27/h2,4-5,8-11H,3,6-7H2,1H3,(H,29,32)(H,30,33)(H,31,34)/b28-18+. The molecule has 2 aromatic carbocycles. The molecule has 1 aromatic heterocycles. The molecule has 0 bridgehead atoms. The lowest BCUT2D eigenvalue weighted by Gasteiger charge is -2.13. The summed E-state index contributed by atoms with van der Waals surface area (Å²) in [6, 6.07) is 10.9. The van der Waals surface area contributed by atoms with Gasteiger partial charge in [-0.25, -0.2) is 5.43 Å². The van der Waals surface area contributed by atoms with E-state index in [9.17, 15) is 14.4 Å². The molecule has 0 radical (unpaired) electrons. The average molecular weight is 534 g/mol. The minimum Gasteiger partial charge on any atom is -0.455 e. The maximum atomic E-state index is 12.8. The maximum Gasteiger partial charge on any atom is 0.305 e. The van der Waals surface area contributed by atoms with E-state index in [1.54, 1.807) is 31.2 Å². The molecule has 3 amide bonds. The van der Waals surface area contributed by atoms with Gasteiger partial charge in [-0.1, -0.05) is 40.9 Å². The molecular formula is C24H19Cl3N4O4. The van der Waals surface area contributed by atoms with Gasteiger partial charge in [0.15, 0.2) is 5.76 Å². The van der Waals surface area contributed by atoms with Crippen molar-refractivity contribution in [1.29, 1.82) is 0 Å². The van der Waals surface area contributed by atoms with Crippen molar-refractivity contribution < 1.29 is 18.8 Å². The molecule has 0 saturated heterocycles. The number of hydrazine groups is 1. The molecule has 0 fully saturated rings. The zero-order valence-electron chi connectivity index (χ0n) is 18.4. The number of amides is 3. The first-order chi connectivity index (χ1) is 16.7. The second-order valence-electron chi connectivity index (χ2n) is 7.75. The summed E-state index contributed by atoms with van der Waals surface area (Å²) < 4.78 is 5.80. The van der Waals surface area contributed by atoms with Crippen molar-refractivity contribution in [2.75, 3.05) is 0 Å². The molecule has 3 aromatic rings. The first-order valence-corrected chi connectivity index (χ1v) is 11.7. The molecule has 0 saturated carbocycles. The summed E-state index contributed by atoms with van der Waals surface area (Å²) in [6.45, 7) is 1.72. The molecular weight excluding hydrogens is 515 g/mol. The van der Waals surface area contributed by atoms with Crippen LogP contribution in [0.1, 0.15) is 61.0 Å². The normalized spacial score (nSPS) is 13.8. The number of nitrogens with one attached hydrogen (secondary N) is 3. The van der Waals surface area contributed by atoms with E-state index in [0.717, 1.165) is 6.42 Å². The van der Waals surface area contributed by atoms with Gasteiger partial charge in [-0.05, 0) is 56.2 Å². The highest BCUT2D eigenvalue weighted by Crippen LogP contribution is 2.30. The van der Waals surface area contributed by atoms with Crippen molar-refractivity contribution >= 4 is 58.2 Å². The molecule has 0 unspecified atom stereocenters. The van der Waals surface area contributed by atoms with Crippen LogP contribution in [0.15, 0.2) is 52.0 Å². The quantitative estimate of drug-likeness (QED) is 0.405. The Morgan fingerprint density at radius 1 is 0.914 bits per heavy atom. The summed E-state index contributed by atoms with van der Waals surface area (Å²) in [5, 5.41) is 5.25. The lowest BCUT2D eigenvalue weighted by Crippen LogP contribution is -2.41.